The fourth-order valence-electron chi connectivity index (χ4n) is 3.41. The molecule has 166 valence electrons. The predicted octanol–water partition coefficient (Wildman–Crippen LogP) is 5.66. The molecule has 0 unspecified atom stereocenters. The molecule has 0 spiro atoms. The summed E-state index contributed by atoms with van der Waals surface area (Å²) in [7, 11) is 1.56. The minimum atomic E-state index is -0.509. The van der Waals surface area contributed by atoms with Gasteiger partial charge in [-0.1, -0.05) is 54.6 Å². The molecule has 2 N–H and O–H groups in total. The van der Waals surface area contributed by atoms with Crippen molar-refractivity contribution < 1.29 is 19.4 Å². The summed E-state index contributed by atoms with van der Waals surface area (Å²) in [6, 6.07) is 24.1. The number of carbonyl (C=O) groups excluding carboxylic acids is 1. The summed E-state index contributed by atoms with van der Waals surface area (Å²) in [6.07, 6.45) is 1.49. The van der Waals surface area contributed by atoms with Crippen molar-refractivity contribution in [2.75, 3.05) is 7.11 Å². The van der Waals surface area contributed by atoms with Crippen molar-refractivity contribution in [3.05, 3.63) is 100 Å². The lowest BCUT2D eigenvalue weighted by molar-refractivity contribution is 0.0952. The Labute approximate surface area is 199 Å². The van der Waals surface area contributed by atoms with E-state index in [1.807, 2.05) is 30.3 Å². The standard InChI is InChI=1S/C26H21BrN2O4/c1-32-24-14-17(15-28-29-26(31)21-11-4-5-12-23(21)30)13-22(27)25(24)33-16-19-9-6-8-18-7-2-3-10-20(18)19/h2-15,30H,16H2,1H3,(H,29,31)/b28-15-. The molecule has 4 aromatic carbocycles. The first-order valence-electron chi connectivity index (χ1n) is 10.1. The van der Waals surface area contributed by atoms with E-state index in [9.17, 15) is 9.90 Å². The van der Waals surface area contributed by atoms with Gasteiger partial charge in [0.05, 0.1) is 23.4 Å². The average molecular weight is 505 g/mol. The highest BCUT2D eigenvalue weighted by atomic mass is 79.9. The number of amides is 1. The minimum Gasteiger partial charge on any atom is -0.507 e. The van der Waals surface area contributed by atoms with Gasteiger partial charge in [0.25, 0.3) is 5.91 Å². The fourth-order valence-corrected chi connectivity index (χ4v) is 3.99. The Balaban J connectivity index is 1.49. The van der Waals surface area contributed by atoms with Crippen LogP contribution in [0.25, 0.3) is 10.8 Å². The smallest absolute Gasteiger partial charge is 0.275 e. The van der Waals surface area contributed by atoms with E-state index < -0.39 is 5.91 Å². The SMILES string of the molecule is COc1cc(/C=N\NC(=O)c2ccccc2O)cc(Br)c1OCc1cccc2ccccc12. The molecular weight excluding hydrogens is 484 g/mol. The molecule has 0 aromatic heterocycles. The normalized spacial score (nSPS) is 11.0. The number of para-hydroxylation sites is 1. The maximum absolute atomic E-state index is 12.2. The molecule has 6 nitrogen and oxygen atoms in total. The third-order valence-electron chi connectivity index (χ3n) is 5.03. The lowest BCUT2D eigenvalue weighted by Crippen LogP contribution is -2.17. The van der Waals surface area contributed by atoms with Crippen LogP contribution < -0.4 is 14.9 Å². The zero-order chi connectivity index (χ0) is 23.2. The summed E-state index contributed by atoms with van der Waals surface area (Å²) in [4.78, 5) is 12.2. The Hall–Kier alpha value is -3.84. The Morgan fingerprint density at radius 2 is 1.82 bits per heavy atom. The van der Waals surface area contributed by atoms with Crippen LogP contribution >= 0.6 is 15.9 Å². The summed E-state index contributed by atoms with van der Waals surface area (Å²) in [6.45, 7) is 0.375. The number of benzene rings is 4. The van der Waals surface area contributed by atoms with Gasteiger partial charge in [-0.05, 0) is 62.1 Å². The van der Waals surface area contributed by atoms with Gasteiger partial charge in [-0.15, -0.1) is 0 Å². The van der Waals surface area contributed by atoms with Gasteiger partial charge < -0.3 is 14.6 Å². The monoisotopic (exact) mass is 504 g/mol. The number of hydrogen-bond acceptors (Lipinski definition) is 5. The van der Waals surface area contributed by atoms with Crippen molar-refractivity contribution in [1.82, 2.24) is 5.43 Å². The van der Waals surface area contributed by atoms with Gasteiger partial charge in [0, 0.05) is 0 Å². The molecule has 0 saturated heterocycles. The summed E-state index contributed by atoms with van der Waals surface area (Å²) in [5.41, 5.74) is 4.31. The van der Waals surface area contributed by atoms with Crippen LogP contribution in [-0.4, -0.2) is 24.3 Å². The van der Waals surface area contributed by atoms with E-state index in [0.717, 1.165) is 16.3 Å². The van der Waals surface area contributed by atoms with Crippen LogP contribution in [0.15, 0.2) is 88.4 Å². The van der Waals surface area contributed by atoms with E-state index >= 15 is 0 Å². The molecule has 4 rings (SSSR count). The Morgan fingerprint density at radius 3 is 2.64 bits per heavy atom. The summed E-state index contributed by atoms with van der Waals surface area (Å²) < 4.78 is 12.3. The summed E-state index contributed by atoms with van der Waals surface area (Å²) in [5.74, 6) is 0.478. The largest absolute Gasteiger partial charge is 0.507 e. The number of aromatic hydroxyl groups is 1. The number of fused-ring (bicyclic) bond motifs is 1. The molecule has 0 aliphatic heterocycles. The first-order chi connectivity index (χ1) is 16.1. The maximum Gasteiger partial charge on any atom is 0.275 e. The van der Waals surface area contributed by atoms with Crippen LogP contribution in [0.5, 0.6) is 17.2 Å². The van der Waals surface area contributed by atoms with E-state index in [4.69, 9.17) is 9.47 Å². The highest BCUT2D eigenvalue weighted by molar-refractivity contribution is 9.10. The van der Waals surface area contributed by atoms with E-state index in [2.05, 4.69) is 44.7 Å². The number of phenols is 1. The highest BCUT2D eigenvalue weighted by Gasteiger charge is 2.13. The second kappa shape index (κ2) is 10.2. The third-order valence-corrected chi connectivity index (χ3v) is 5.62. The van der Waals surface area contributed by atoms with E-state index in [-0.39, 0.29) is 11.3 Å². The van der Waals surface area contributed by atoms with Crippen molar-refractivity contribution >= 4 is 38.8 Å². The first kappa shape index (κ1) is 22.4. The predicted molar refractivity (Wildman–Crippen MR) is 132 cm³/mol. The molecule has 4 aromatic rings. The molecule has 0 saturated carbocycles. The molecule has 0 aliphatic rings. The van der Waals surface area contributed by atoms with Gasteiger partial charge in [-0.25, -0.2) is 5.43 Å². The van der Waals surface area contributed by atoms with Crippen LogP contribution in [0.1, 0.15) is 21.5 Å². The molecule has 0 atom stereocenters. The van der Waals surface area contributed by atoms with Crippen molar-refractivity contribution in [1.29, 1.82) is 0 Å². The second-order valence-corrected chi connectivity index (χ2v) is 8.03. The first-order valence-corrected chi connectivity index (χ1v) is 10.9. The highest BCUT2D eigenvalue weighted by Crippen LogP contribution is 2.37. The molecule has 1 amide bonds. The van der Waals surface area contributed by atoms with Crippen molar-refractivity contribution in [2.24, 2.45) is 5.10 Å². The number of hydrazone groups is 1. The van der Waals surface area contributed by atoms with Crippen molar-refractivity contribution in [3.63, 3.8) is 0 Å². The van der Waals surface area contributed by atoms with Crippen LogP contribution in [0.2, 0.25) is 0 Å². The van der Waals surface area contributed by atoms with E-state index in [1.54, 1.807) is 25.3 Å². The second-order valence-electron chi connectivity index (χ2n) is 7.18. The van der Waals surface area contributed by atoms with Crippen molar-refractivity contribution in [3.8, 4) is 17.2 Å². The van der Waals surface area contributed by atoms with Crippen LogP contribution in [0.3, 0.4) is 0 Å². The molecule has 7 heteroatoms. The third kappa shape index (κ3) is 5.15. The number of nitrogens with one attached hydrogen (secondary N) is 1. The molecule has 0 aliphatic carbocycles. The number of rotatable bonds is 7. The number of phenolic OH excluding ortho intramolecular Hbond substituents is 1. The number of nitrogens with zero attached hydrogens (tertiary/aromatic N) is 1. The van der Waals surface area contributed by atoms with Gasteiger partial charge in [-0.3, -0.25) is 4.79 Å². The number of halogens is 1. The number of hydrogen-bond donors (Lipinski definition) is 2. The van der Waals surface area contributed by atoms with Gasteiger partial charge in [0.15, 0.2) is 11.5 Å². The lowest BCUT2D eigenvalue weighted by atomic mass is 10.1. The molecule has 0 fully saturated rings. The number of methoxy groups -OCH3 is 1. The Morgan fingerprint density at radius 1 is 1.06 bits per heavy atom. The average Bonchev–Trinajstić information content (AvgIpc) is 2.83. The van der Waals surface area contributed by atoms with Crippen LogP contribution in [-0.2, 0) is 6.61 Å². The Bertz CT molecular complexity index is 1330. The molecule has 0 heterocycles. The van der Waals surface area contributed by atoms with Crippen LogP contribution in [0, 0.1) is 0 Å². The fraction of sp³-hybridized carbons (Fsp3) is 0.0769. The zero-order valence-corrected chi connectivity index (χ0v) is 19.4. The van der Waals surface area contributed by atoms with Crippen molar-refractivity contribution in [2.45, 2.75) is 6.61 Å². The van der Waals surface area contributed by atoms with E-state index in [0.29, 0.717) is 28.1 Å². The molecule has 33 heavy (non-hydrogen) atoms. The zero-order valence-electron chi connectivity index (χ0n) is 17.8. The van der Waals surface area contributed by atoms with Crippen LogP contribution in [0.4, 0.5) is 0 Å². The lowest BCUT2D eigenvalue weighted by Gasteiger charge is -2.14. The minimum absolute atomic E-state index is 0.109. The van der Waals surface area contributed by atoms with Gasteiger partial charge in [0.1, 0.15) is 12.4 Å². The molecule has 0 radical (unpaired) electrons. The van der Waals surface area contributed by atoms with E-state index in [1.165, 1.54) is 18.3 Å². The quantitative estimate of drug-likeness (QED) is 0.251. The molecule has 0 bridgehead atoms. The van der Waals surface area contributed by atoms with Gasteiger partial charge >= 0.3 is 0 Å². The Kier molecular flexibility index (Phi) is 6.90. The molecular formula is C26H21BrN2O4. The number of ether oxygens (including phenoxy) is 2. The van der Waals surface area contributed by atoms with Gasteiger partial charge in [0.2, 0.25) is 0 Å². The summed E-state index contributed by atoms with van der Waals surface area (Å²) in [5, 5.41) is 16.0. The number of carbonyl (C=O) groups is 1. The topological polar surface area (TPSA) is 80.2 Å². The van der Waals surface area contributed by atoms with Gasteiger partial charge in [-0.2, -0.15) is 5.10 Å². The maximum atomic E-state index is 12.2. The summed E-state index contributed by atoms with van der Waals surface area (Å²) >= 11 is 3.54.